The van der Waals surface area contributed by atoms with Gasteiger partial charge in [0.15, 0.2) is 5.96 Å². The van der Waals surface area contributed by atoms with Crippen molar-refractivity contribution >= 4 is 41.7 Å². The minimum Gasteiger partial charge on any atom is -0.378 e. The molecule has 0 spiro atoms. The predicted octanol–water partition coefficient (Wildman–Crippen LogP) is 1.39. The van der Waals surface area contributed by atoms with Crippen molar-refractivity contribution in [1.29, 1.82) is 0 Å². The summed E-state index contributed by atoms with van der Waals surface area (Å²) in [5.74, 6) is 4.01. The molecule has 1 atom stereocenters. The van der Waals surface area contributed by atoms with Crippen LogP contribution in [0.15, 0.2) is 4.99 Å². The third kappa shape index (κ3) is 5.21. The van der Waals surface area contributed by atoms with Crippen LogP contribution < -0.4 is 5.73 Å². The Kier molecular flexibility index (Phi) is 7.61. The molecule has 2 aliphatic rings. The molecule has 0 aromatic carbocycles. The quantitative estimate of drug-likeness (QED) is 0.453. The van der Waals surface area contributed by atoms with Gasteiger partial charge in [-0.2, -0.15) is 11.8 Å². The Balaban J connectivity index is 0.00000144. The molecule has 2 fully saturated rings. The second kappa shape index (κ2) is 8.42. The van der Waals surface area contributed by atoms with E-state index in [1.165, 1.54) is 24.3 Å². The van der Waals surface area contributed by atoms with Gasteiger partial charge in [-0.1, -0.05) is 0 Å². The fraction of sp³-hybridized carbons (Fsp3) is 0.909. The van der Waals surface area contributed by atoms with Gasteiger partial charge < -0.3 is 15.4 Å². The van der Waals surface area contributed by atoms with Gasteiger partial charge in [-0.25, -0.2) is 0 Å². The largest absolute Gasteiger partial charge is 0.378 e. The Bertz CT molecular complexity index is 241. The number of rotatable bonds is 2. The van der Waals surface area contributed by atoms with Gasteiger partial charge in [0.1, 0.15) is 0 Å². The van der Waals surface area contributed by atoms with Gasteiger partial charge in [-0.15, -0.1) is 24.0 Å². The van der Waals surface area contributed by atoms with E-state index in [1.807, 2.05) is 11.8 Å². The third-order valence-corrected chi connectivity index (χ3v) is 4.39. The fourth-order valence-electron chi connectivity index (χ4n) is 2.07. The molecule has 2 N–H and O–H groups in total. The Hall–Kier alpha value is 0.310. The molecule has 0 aromatic rings. The zero-order chi connectivity index (χ0) is 11.2. The second-order valence-electron chi connectivity index (χ2n) is 4.38. The summed E-state index contributed by atoms with van der Waals surface area (Å²) in [6.07, 6.45) is 2.65. The predicted molar refractivity (Wildman–Crippen MR) is 84.3 cm³/mol. The van der Waals surface area contributed by atoms with E-state index in [0.29, 0.717) is 5.96 Å². The SMILES string of the molecule is I.NC(=NCC1CCCSC1)N1CCOCC1. The number of halogens is 1. The van der Waals surface area contributed by atoms with E-state index in [4.69, 9.17) is 10.5 Å². The van der Waals surface area contributed by atoms with Crippen molar-refractivity contribution in [1.82, 2.24) is 4.90 Å². The van der Waals surface area contributed by atoms with Crippen LogP contribution in [0.3, 0.4) is 0 Å². The lowest BCUT2D eigenvalue weighted by atomic mass is 10.1. The van der Waals surface area contributed by atoms with Crippen LogP contribution in [-0.4, -0.2) is 55.2 Å². The molecule has 0 saturated carbocycles. The molecular formula is C11H22IN3OS. The van der Waals surface area contributed by atoms with Crippen LogP contribution >= 0.6 is 35.7 Å². The van der Waals surface area contributed by atoms with E-state index in [1.54, 1.807) is 0 Å². The lowest BCUT2D eigenvalue weighted by Gasteiger charge is -2.28. The number of hydrogen-bond donors (Lipinski definition) is 1. The Morgan fingerprint density at radius 3 is 2.82 bits per heavy atom. The monoisotopic (exact) mass is 371 g/mol. The van der Waals surface area contributed by atoms with Crippen molar-refractivity contribution < 1.29 is 4.74 Å². The number of guanidine groups is 1. The standard InChI is InChI=1S/C11H21N3OS.HI/c12-11(14-3-5-15-6-4-14)13-8-10-2-1-7-16-9-10;/h10H,1-9H2,(H2,12,13);1H. The molecule has 2 aliphatic heterocycles. The highest BCUT2D eigenvalue weighted by Crippen LogP contribution is 2.22. The Morgan fingerprint density at radius 1 is 1.41 bits per heavy atom. The van der Waals surface area contributed by atoms with Crippen LogP contribution in [0.1, 0.15) is 12.8 Å². The number of nitrogens with zero attached hydrogens (tertiary/aromatic N) is 2. The van der Waals surface area contributed by atoms with Crippen molar-refractivity contribution in [2.45, 2.75) is 12.8 Å². The van der Waals surface area contributed by atoms with Crippen molar-refractivity contribution in [2.24, 2.45) is 16.6 Å². The van der Waals surface area contributed by atoms with Gasteiger partial charge in [0, 0.05) is 19.6 Å². The molecule has 0 radical (unpaired) electrons. The lowest BCUT2D eigenvalue weighted by Crippen LogP contribution is -2.45. The number of morpholine rings is 1. The van der Waals surface area contributed by atoms with E-state index in [9.17, 15) is 0 Å². The van der Waals surface area contributed by atoms with E-state index in [2.05, 4.69) is 9.89 Å². The molecule has 0 bridgehead atoms. The molecule has 6 heteroatoms. The molecule has 0 aliphatic carbocycles. The van der Waals surface area contributed by atoms with Crippen molar-refractivity contribution in [2.75, 3.05) is 44.4 Å². The highest BCUT2D eigenvalue weighted by molar-refractivity contribution is 14.0. The summed E-state index contributed by atoms with van der Waals surface area (Å²) < 4.78 is 5.29. The van der Waals surface area contributed by atoms with Gasteiger partial charge in [-0.3, -0.25) is 4.99 Å². The highest BCUT2D eigenvalue weighted by atomic mass is 127. The lowest BCUT2D eigenvalue weighted by molar-refractivity contribution is 0.0674. The maximum atomic E-state index is 5.98. The zero-order valence-electron chi connectivity index (χ0n) is 10.1. The summed E-state index contributed by atoms with van der Waals surface area (Å²) in [7, 11) is 0. The number of nitrogens with two attached hydrogens (primary N) is 1. The van der Waals surface area contributed by atoms with Crippen LogP contribution in [0.2, 0.25) is 0 Å². The summed E-state index contributed by atoms with van der Waals surface area (Å²) in [6.45, 7) is 4.21. The first-order valence-corrected chi connectivity index (χ1v) is 7.22. The second-order valence-corrected chi connectivity index (χ2v) is 5.53. The van der Waals surface area contributed by atoms with Crippen LogP contribution in [0, 0.1) is 5.92 Å². The van der Waals surface area contributed by atoms with Crippen LogP contribution in [0.4, 0.5) is 0 Å². The molecule has 2 heterocycles. The average molecular weight is 371 g/mol. The first-order valence-electron chi connectivity index (χ1n) is 6.06. The topological polar surface area (TPSA) is 50.8 Å². The minimum atomic E-state index is 0. The summed E-state index contributed by atoms with van der Waals surface area (Å²) in [5, 5.41) is 0. The van der Waals surface area contributed by atoms with Gasteiger partial charge >= 0.3 is 0 Å². The molecule has 2 rings (SSSR count). The maximum absolute atomic E-state index is 5.98. The summed E-state index contributed by atoms with van der Waals surface area (Å²) in [4.78, 5) is 6.65. The summed E-state index contributed by atoms with van der Waals surface area (Å²) in [5.41, 5.74) is 5.98. The summed E-state index contributed by atoms with van der Waals surface area (Å²) >= 11 is 2.05. The molecule has 0 aromatic heterocycles. The number of thioether (sulfide) groups is 1. The highest BCUT2D eigenvalue weighted by Gasteiger charge is 2.15. The first kappa shape index (κ1) is 15.4. The van der Waals surface area contributed by atoms with E-state index in [0.717, 1.165) is 38.8 Å². The van der Waals surface area contributed by atoms with Gasteiger partial charge in [0.05, 0.1) is 13.2 Å². The molecular weight excluding hydrogens is 349 g/mol. The first-order chi connectivity index (χ1) is 7.86. The van der Waals surface area contributed by atoms with Crippen molar-refractivity contribution in [3.05, 3.63) is 0 Å². The van der Waals surface area contributed by atoms with E-state index < -0.39 is 0 Å². The van der Waals surface area contributed by atoms with Crippen LogP contribution in [-0.2, 0) is 4.74 Å². The average Bonchev–Trinajstić information content (AvgIpc) is 2.38. The van der Waals surface area contributed by atoms with Crippen LogP contribution in [0.25, 0.3) is 0 Å². The number of aliphatic imine (C=N–C) groups is 1. The number of hydrogen-bond acceptors (Lipinski definition) is 3. The molecule has 0 amide bonds. The Labute approximate surface area is 125 Å². The normalized spacial score (nSPS) is 26.5. The number of ether oxygens (including phenoxy) is 1. The van der Waals surface area contributed by atoms with Gasteiger partial charge in [-0.05, 0) is 30.3 Å². The van der Waals surface area contributed by atoms with Gasteiger partial charge in [0.25, 0.3) is 0 Å². The molecule has 2 saturated heterocycles. The van der Waals surface area contributed by atoms with Crippen LogP contribution in [0.5, 0.6) is 0 Å². The van der Waals surface area contributed by atoms with Crippen molar-refractivity contribution in [3.63, 3.8) is 0 Å². The Morgan fingerprint density at radius 2 is 2.18 bits per heavy atom. The molecule has 4 nitrogen and oxygen atoms in total. The molecule has 1 unspecified atom stereocenters. The van der Waals surface area contributed by atoms with Crippen molar-refractivity contribution in [3.8, 4) is 0 Å². The maximum Gasteiger partial charge on any atom is 0.191 e. The molecule has 17 heavy (non-hydrogen) atoms. The minimum absolute atomic E-state index is 0. The van der Waals surface area contributed by atoms with Gasteiger partial charge in [0.2, 0.25) is 0 Å². The van der Waals surface area contributed by atoms with E-state index >= 15 is 0 Å². The molecule has 100 valence electrons. The zero-order valence-corrected chi connectivity index (χ0v) is 13.3. The smallest absolute Gasteiger partial charge is 0.191 e. The van der Waals surface area contributed by atoms with E-state index in [-0.39, 0.29) is 24.0 Å². The fourth-order valence-corrected chi connectivity index (χ4v) is 3.21. The third-order valence-electron chi connectivity index (χ3n) is 3.10. The summed E-state index contributed by atoms with van der Waals surface area (Å²) in [6, 6.07) is 0.